The summed E-state index contributed by atoms with van der Waals surface area (Å²) in [7, 11) is 1.93. The van der Waals surface area contributed by atoms with E-state index in [2.05, 4.69) is 9.97 Å². The third-order valence-corrected chi connectivity index (χ3v) is 2.93. The molecule has 2 rings (SSSR count). The van der Waals surface area contributed by atoms with Gasteiger partial charge in [-0.15, -0.1) is 0 Å². The summed E-state index contributed by atoms with van der Waals surface area (Å²) in [5, 5.41) is 0.717. The molecule has 0 N–H and O–H groups in total. The van der Waals surface area contributed by atoms with E-state index in [-0.39, 0.29) is 5.28 Å². The summed E-state index contributed by atoms with van der Waals surface area (Å²) in [6.07, 6.45) is 2.49. The third kappa shape index (κ3) is 2.33. The van der Waals surface area contributed by atoms with Crippen molar-refractivity contribution in [3.05, 3.63) is 16.5 Å². The number of ether oxygens (including phenoxy) is 1. The molecule has 6 heteroatoms. The first-order valence-electron chi connectivity index (χ1n) is 4.67. The summed E-state index contributed by atoms with van der Waals surface area (Å²) < 4.78 is 5.31. The number of halogens is 2. The van der Waals surface area contributed by atoms with Crippen LogP contribution in [0.15, 0.2) is 6.20 Å². The van der Waals surface area contributed by atoms with Crippen molar-refractivity contribution in [3.8, 4) is 0 Å². The summed E-state index contributed by atoms with van der Waals surface area (Å²) in [6.45, 7) is 1.49. The maximum Gasteiger partial charge on any atom is 0.224 e. The van der Waals surface area contributed by atoms with E-state index < -0.39 is 0 Å². The van der Waals surface area contributed by atoms with Crippen LogP contribution in [0.1, 0.15) is 6.42 Å². The van der Waals surface area contributed by atoms with Crippen LogP contribution in [0.2, 0.25) is 10.3 Å². The minimum Gasteiger partial charge on any atom is -0.379 e. The van der Waals surface area contributed by atoms with Crippen LogP contribution in [-0.2, 0) is 4.74 Å². The van der Waals surface area contributed by atoms with E-state index in [0.717, 1.165) is 13.0 Å². The topological polar surface area (TPSA) is 38.2 Å². The molecule has 0 spiro atoms. The number of rotatable bonds is 2. The Hall–Kier alpha value is -0.580. The van der Waals surface area contributed by atoms with Crippen LogP contribution in [0, 0.1) is 0 Å². The molecule has 1 saturated heterocycles. The van der Waals surface area contributed by atoms with Crippen molar-refractivity contribution in [1.29, 1.82) is 0 Å². The molecule has 1 aromatic heterocycles. The molecular formula is C9H11Cl2N3O. The van der Waals surface area contributed by atoms with Crippen molar-refractivity contribution < 1.29 is 4.74 Å². The van der Waals surface area contributed by atoms with Gasteiger partial charge in [0.05, 0.1) is 18.8 Å². The molecule has 1 atom stereocenters. The summed E-state index contributed by atoms with van der Waals surface area (Å²) >= 11 is 11.7. The lowest BCUT2D eigenvalue weighted by atomic mass is 10.2. The van der Waals surface area contributed by atoms with Gasteiger partial charge in [0.1, 0.15) is 5.02 Å². The summed E-state index contributed by atoms with van der Waals surface area (Å²) in [5.41, 5.74) is 0. The average molecular weight is 248 g/mol. The van der Waals surface area contributed by atoms with Crippen molar-refractivity contribution in [2.24, 2.45) is 0 Å². The number of nitrogens with zero attached hydrogens (tertiary/aromatic N) is 3. The van der Waals surface area contributed by atoms with Crippen LogP contribution in [0.3, 0.4) is 0 Å². The first-order valence-corrected chi connectivity index (χ1v) is 5.42. The van der Waals surface area contributed by atoms with Crippen molar-refractivity contribution in [1.82, 2.24) is 9.97 Å². The molecule has 82 valence electrons. The van der Waals surface area contributed by atoms with Crippen molar-refractivity contribution in [3.63, 3.8) is 0 Å². The normalized spacial score (nSPS) is 20.6. The predicted octanol–water partition coefficient (Wildman–Crippen LogP) is 2.01. The van der Waals surface area contributed by atoms with Crippen LogP contribution in [-0.4, -0.2) is 36.3 Å². The minimum atomic E-state index is 0.208. The Morgan fingerprint density at radius 1 is 1.53 bits per heavy atom. The fraction of sp³-hybridized carbons (Fsp3) is 0.556. The number of hydrogen-bond acceptors (Lipinski definition) is 4. The van der Waals surface area contributed by atoms with E-state index >= 15 is 0 Å². The summed E-state index contributed by atoms with van der Waals surface area (Å²) in [6, 6.07) is 0.313. The first kappa shape index (κ1) is 10.9. The first-order chi connectivity index (χ1) is 7.18. The fourth-order valence-electron chi connectivity index (χ4n) is 1.59. The molecule has 0 radical (unpaired) electrons. The van der Waals surface area contributed by atoms with Gasteiger partial charge in [0.2, 0.25) is 5.28 Å². The van der Waals surface area contributed by atoms with Gasteiger partial charge in [-0.2, -0.15) is 4.98 Å². The Morgan fingerprint density at radius 2 is 2.33 bits per heavy atom. The van der Waals surface area contributed by atoms with Gasteiger partial charge >= 0.3 is 0 Å². The SMILES string of the molecule is CN(c1nc(Cl)ncc1Cl)C1CCOC1. The quantitative estimate of drug-likeness (QED) is 0.750. The van der Waals surface area contributed by atoms with Gasteiger partial charge in [0, 0.05) is 13.7 Å². The largest absolute Gasteiger partial charge is 0.379 e. The van der Waals surface area contributed by atoms with E-state index in [1.54, 1.807) is 0 Å². The molecule has 1 aliphatic rings. The summed E-state index contributed by atoms with van der Waals surface area (Å²) in [4.78, 5) is 9.91. The highest BCUT2D eigenvalue weighted by Crippen LogP contribution is 2.26. The van der Waals surface area contributed by atoms with E-state index in [4.69, 9.17) is 27.9 Å². The molecule has 4 nitrogen and oxygen atoms in total. The van der Waals surface area contributed by atoms with Gasteiger partial charge in [0.25, 0.3) is 0 Å². The molecule has 15 heavy (non-hydrogen) atoms. The lowest BCUT2D eigenvalue weighted by Gasteiger charge is -2.24. The zero-order valence-corrected chi connectivity index (χ0v) is 9.79. The highest BCUT2D eigenvalue weighted by atomic mass is 35.5. The van der Waals surface area contributed by atoms with Gasteiger partial charge in [-0.3, -0.25) is 0 Å². The van der Waals surface area contributed by atoms with Crippen molar-refractivity contribution in [2.75, 3.05) is 25.2 Å². The maximum absolute atomic E-state index is 6.00. The fourth-order valence-corrected chi connectivity index (χ4v) is 1.94. The Balaban J connectivity index is 2.23. The number of aromatic nitrogens is 2. The molecule has 1 aliphatic heterocycles. The second kappa shape index (κ2) is 4.51. The Bertz CT molecular complexity index is 355. The van der Waals surface area contributed by atoms with Gasteiger partial charge in [-0.05, 0) is 18.0 Å². The third-order valence-electron chi connectivity index (χ3n) is 2.48. The second-order valence-electron chi connectivity index (χ2n) is 3.44. The van der Waals surface area contributed by atoms with Crippen LogP contribution in [0.4, 0.5) is 5.82 Å². The van der Waals surface area contributed by atoms with Gasteiger partial charge in [-0.1, -0.05) is 11.6 Å². The second-order valence-corrected chi connectivity index (χ2v) is 4.18. The van der Waals surface area contributed by atoms with Gasteiger partial charge in [0.15, 0.2) is 5.82 Å². The molecule has 0 bridgehead atoms. The molecule has 1 unspecified atom stereocenters. The van der Waals surface area contributed by atoms with Crippen LogP contribution in [0.25, 0.3) is 0 Å². The van der Waals surface area contributed by atoms with E-state index in [1.165, 1.54) is 6.20 Å². The Kier molecular flexibility index (Phi) is 3.29. The molecule has 0 aliphatic carbocycles. The van der Waals surface area contributed by atoms with E-state index in [1.807, 2.05) is 11.9 Å². The summed E-state index contributed by atoms with van der Waals surface area (Å²) in [5.74, 6) is 0.659. The highest BCUT2D eigenvalue weighted by molar-refractivity contribution is 6.33. The molecular weight excluding hydrogens is 237 g/mol. The lowest BCUT2D eigenvalue weighted by molar-refractivity contribution is 0.193. The maximum atomic E-state index is 6.00. The number of anilines is 1. The Labute approximate surface area is 98.2 Å². The van der Waals surface area contributed by atoms with Crippen LogP contribution < -0.4 is 4.90 Å². The monoisotopic (exact) mass is 247 g/mol. The molecule has 0 aromatic carbocycles. The standard InChI is InChI=1S/C9H11Cl2N3O/c1-14(6-2-3-15-5-6)8-7(10)4-12-9(11)13-8/h4,6H,2-3,5H2,1H3. The van der Waals surface area contributed by atoms with Crippen molar-refractivity contribution in [2.45, 2.75) is 12.5 Å². The zero-order valence-electron chi connectivity index (χ0n) is 8.28. The smallest absolute Gasteiger partial charge is 0.224 e. The number of hydrogen-bond donors (Lipinski definition) is 0. The van der Waals surface area contributed by atoms with Gasteiger partial charge < -0.3 is 9.64 Å². The number of likely N-dealkylation sites (N-methyl/N-ethyl adjacent to an activating group) is 1. The molecule has 1 fully saturated rings. The molecule has 0 amide bonds. The molecule has 2 heterocycles. The van der Waals surface area contributed by atoms with Gasteiger partial charge in [-0.25, -0.2) is 4.98 Å². The molecule has 0 saturated carbocycles. The zero-order chi connectivity index (χ0) is 10.8. The van der Waals surface area contributed by atoms with E-state index in [9.17, 15) is 0 Å². The average Bonchev–Trinajstić information content (AvgIpc) is 2.74. The van der Waals surface area contributed by atoms with Crippen molar-refractivity contribution >= 4 is 29.0 Å². The predicted molar refractivity (Wildman–Crippen MR) is 59.7 cm³/mol. The van der Waals surface area contributed by atoms with Crippen LogP contribution in [0.5, 0.6) is 0 Å². The lowest BCUT2D eigenvalue weighted by Crippen LogP contribution is -2.32. The highest BCUT2D eigenvalue weighted by Gasteiger charge is 2.23. The van der Waals surface area contributed by atoms with Crippen LogP contribution >= 0.6 is 23.2 Å². The van der Waals surface area contributed by atoms with E-state index in [0.29, 0.717) is 23.5 Å². The Morgan fingerprint density at radius 3 is 3.00 bits per heavy atom. The molecule has 1 aromatic rings. The minimum absolute atomic E-state index is 0.208.